The fourth-order valence-corrected chi connectivity index (χ4v) is 2.75. The minimum Gasteiger partial charge on any atom is -0.481 e. The van der Waals surface area contributed by atoms with E-state index in [-0.39, 0.29) is 5.91 Å². The van der Waals surface area contributed by atoms with Gasteiger partial charge in [-0.1, -0.05) is 12.1 Å². The van der Waals surface area contributed by atoms with Crippen LogP contribution in [0.3, 0.4) is 0 Å². The summed E-state index contributed by atoms with van der Waals surface area (Å²) in [5, 5.41) is 9.20. The first kappa shape index (κ1) is 13.2. The van der Waals surface area contributed by atoms with Gasteiger partial charge in [0.25, 0.3) is 5.91 Å². The molecule has 1 aromatic rings. The molecule has 1 aliphatic heterocycles. The number of aliphatic carboxylic acids is 1. The second kappa shape index (κ2) is 4.33. The number of rotatable bonds is 4. The highest BCUT2D eigenvalue weighted by Crippen LogP contribution is 2.35. The summed E-state index contributed by atoms with van der Waals surface area (Å²) < 4.78 is 0. The van der Waals surface area contributed by atoms with Crippen LogP contribution >= 0.6 is 0 Å². The van der Waals surface area contributed by atoms with Crippen molar-refractivity contribution >= 4 is 11.9 Å². The van der Waals surface area contributed by atoms with Crippen molar-refractivity contribution < 1.29 is 14.7 Å². The van der Waals surface area contributed by atoms with Crippen LogP contribution in [0.1, 0.15) is 48.2 Å². The summed E-state index contributed by atoms with van der Waals surface area (Å²) in [5.74, 6) is -0.707. The highest BCUT2D eigenvalue weighted by atomic mass is 16.4. The number of hydrogen-bond acceptors (Lipinski definition) is 2. The van der Waals surface area contributed by atoms with Crippen molar-refractivity contribution in [1.82, 2.24) is 4.90 Å². The average Bonchev–Trinajstić information content (AvgIpc) is 3.15. The van der Waals surface area contributed by atoms with E-state index in [1.165, 1.54) is 0 Å². The monoisotopic (exact) mass is 273 g/mol. The molecule has 1 aliphatic carbocycles. The van der Waals surface area contributed by atoms with Crippen LogP contribution in [-0.4, -0.2) is 27.9 Å². The molecule has 2 aliphatic rings. The fourth-order valence-electron chi connectivity index (χ4n) is 2.75. The Bertz CT molecular complexity index is 587. The van der Waals surface area contributed by atoms with E-state index >= 15 is 0 Å². The van der Waals surface area contributed by atoms with Crippen LogP contribution in [-0.2, 0) is 17.8 Å². The number of carboxylic acid groups (broad SMARTS) is 1. The van der Waals surface area contributed by atoms with Crippen molar-refractivity contribution in [2.45, 2.75) is 45.7 Å². The maximum atomic E-state index is 12.3. The SMILES string of the molecule is CC(C)(Cc1ccc2c(c1)C(=O)N(C1CC1)C2)C(=O)O. The van der Waals surface area contributed by atoms with Crippen molar-refractivity contribution in [3.8, 4) is 0 Å². The molecule has 0 atom stereocenters. The maximum Gasteiger partial charge on any atom is 0.309 e. The van der Waals surface area contributed by atoms with Crippen LogP contribution in [0, 0.1) is 5.41 Å². The third-order valence-corrected chi connectivity index (χ3v) is 4.22. The van der Waals surface area contributed by atoms with Crippen LogP contribution in [0.25, 0.3) is 0 Å². The van der Waals surface area contributed by atoms with Crippen LogP contribution < -0.4 is 0 Å². The molecule has 106 valence electrons. The van der Waals surface area contributed by atoms with Gasteiger partial charge in [-0.3, -0.25) is 9.59 Å². The molecule has 0 aromatic heterocycles. The Labute approximate surface area is 118 Å². The number of hydrogen-bond donors (Lipinski definition) is 1. The van der Waals surface area contributed by atoms with Gasteiger partial charge in [-0.25, -0.2) is 0 Å². The lowest BCUT2D eigenvalue weighted by atomic mass is 9.85. The summed E-state index contributed by atoms with van der Waals surface area (Å²) in [5.41, 5.74) is 1.93. The summed E-state index contributed by atoms with van der Waals surface area (Å²) in [4.78, 5) is 25.5. The largest absolute Gasteiger partial charge is 0.481 e. The molecule has 3 rings (SSSR count). The van der Waals surface area contributed by atoms with Gasteiger partial charge < -0.3 is 10.0 Å². The van der Waals surface area contributed by atoms with Gasteiger partial charge in [0.1, 0.15) is 0 Å². The van der Waals surface area contributed by atoms with Crippen molar-refractivity contribution in [3.05, 3.63) is 34.9 Å². The molecule has 1 amide bonds. The molecule has 0 radical (unpaired) electrons. The van der Waals surface area contributed by atoms with E-state index in [2.05, 4.69) is 0 Å². The molecular weight excluding hydrogens is 254 g/mol. The zero-order valence-corrected chi connectivity index (χ0v) is 11.8. The van der Waals surface area contributed by atoms with Crippen LogP contribution in [0.2, 0.25) is 0 Å². The average molecular weight is 273 g/mol. The molecule has 0 saturated heterocycles. The van der Waals surface area contributed by atoms with Gasteiger partial charge in [0.15, 0.2) is 0 Å². The lowest BCUT2D eigenvalue weighted by Crippen LogP contribution is -2.26. The summed E-state index contributed by atoms with van der Waals surface area (Å²) >= 11 is 0. The second-order valence-corrected chi connectivity index (χ2v) is 6.52. The predicted octanol–water partition coefficient (Wildman–Crippen LogP) is 2.46. The number of carbonyl (C=O) groups is 2. The van der Waals surface area contributed by atoms with Crippen molar-refractivity contribution in [3.63, 3.8) is 0 Å². The third kappa shape index (κ3) is 2.19. The molecule has 1 aromatic carbocycles. The molecule has 1 fully saturated rings. The Hall–Kier alpha value is -1.84. The van der Waals surface area contributed by atoms with Crippen molar-refractivity contribution in [2.24, 2.45) is 5.41 Å². The molecule has 0 unspecified atom stereocenters. The minimum atomic E-state index is -0.816. The van der Waals surface area contributed by atoms with E-state index in [9.17, 15) is 14.7 Å². The number of nitrogens with zero attached hydrogens (tertiary/aromatic N) is 1. The summed E-state index contributed by atoms with van der Waals surface area (Å²) in [6.45, 7) is 4.13. The number of fused-ring (bicyclic) bond motifs is 1. The summed E-state index contributed by atoms with van der Waals surface area (Å²) in [6, 6.07) is 6.23. The molecule has 4 heteroatoms. The zero-order valence-electron chi connectivity index (χ0n) is 11.8. The Morgan fingerprint density at radius 3 is 2.70 bits per heavy atom. The van der Waals surface area contributed by atoms with E-state index in [1.807, 2.05) is 23.1 Å². The molecule has 1 N–H and O–H groups in total. The standard InChI is InChI=1S/C16H19NO3/c1-16(2,15(19)20)8-10-3-4-11-9-17(12-5-6-12)14(18)13(11)7-10/h3-4,7,12H,5-6,8-9H2,1-2H3,(H,19,20). The molecule has 1 heterocycles. The van der Waals surface area contributed by atoms with Crippen LogP contribution in [0.15, 0.2) is 18.2 Å². The normalized spacial score (nSPS) is 18.3. The van der Waals surface area contributed by atoms with Gasteiger partial charge in [0.05, 0.1) is 5.41 Å². The lowest BCUT2D eigenvalue weighted by molar-refractivity contribution is -0.146. The first-order valence-corrected chi connectivity index (χ1v) is 7.05. The highest BCUT2D eigenvalue weighted by molar-refractivity contribution is 5.99. The second-order valence-electron chi connectivity index (χ2n) is 6.52. The molecule has 20 heavy (non-hydrogen) atoms. The van der Waals surface area contributed by atoms with E-state index in [0.29, 0.717) is 19.0 Å². The first-order chi connectivity index (χ1) is 9.38. The topological polar surface area (TPSA) is 57.6 Å². The molecule has 0 bridgehead atoms. The summed E-state index contributed by atoms with van der Waals surface area (Å²) in [6.07, 6.45) is 2.66. The predicted molar refractivity (Wildman–Crippen MR) is 74.5 cm³/mol. The number of amides is 1. The molecule has 4 nitrogen and oxygen atoms in total. The highest BCUT2D eigenvalue weighted by Gasteiger charge is 2.38. The molecule has 1 saturated carbocycles. The van der Waals surface area contributed by atoms with E-state index < -0.39 is 11.4 Å². The third-order valence-electron chi connectivity index (χ3n) is 4.22. The Kier molecular flexibility index (Phi) is 2.85. The first-order valence-electron chi connectivity index (χ1n) is 7.05. The minimum absolute atomic E-state index is 0.109. The molecular formula is C16H19NO3. The molecule has 0 spiro atoms. The smallest absolute Gasteiger partial charge is 0.309 e. The zero-order chi connectivity index (χ0) is 14.5. The maximum absolute atomic E-state index is 12.3. The van der Waals surface area contributed by atoms with Crippen molar-refractivity contribution in [1.29, 1.82) is 0 Å². The van der Waals surface area contributed by atoms with E-state index in [1.54, 1.807) is 13.8 Å². The number of benzene rings is 1. The number of carbonyl (C=O) groups excluding carboxylic acids is 1. The van der Waals surface area contributed by atoms with Gasteiger partial charge in [0.2, 0.25) is 0 Å². The van der Waals surface area contributed by atoms with Crippen molar-refractivity contribution in [2.75, 3.05) is 0 Å². The Balaban J connectivity index is 1.84. The fraction of sp³-hybridized carbons (Fsp3) is 0.500. The Morgan fingerprint density at radius 1 is 1.40 bits per heavy atom. The van der Waals surface area contributed by atoms with Crippen LogP contribution in [0.5, 0.6) is 0 Å². The van der Waals surface area contributed by atoms with E-state index in [0.717, 1.165) is 29.5 Å². The summed E-state index contributed by atoms with van der Waals surface area (Å²) in [7, 11) is 0. The quantitative estimate of drug-likeness (QED) is 0.916. The number of carboxylic acids is 1. The van der Waals surface area contributed by atoms with Gasteiger partial charge in [0, 0.05) is 18.2 Å². The van der Waals surface area contributed by atoms with Gasteiger partial charge >= 0.3 is 5.97 Å². The lowest BCUT2D eigenvalue weighted by Gasteiger charge is -2.19. The van der Waals surface area contributed by atoms with E-state index in [4.69, 9.17) is 0 Å². The van der Waals surface area contributed by atoms with Gasteiger partial charge in [-0.15, -0.1) is 0 Å². The Morgan fingerprint density at radius 2 is 2.10 bits per heavy atom. The van der Waals surface area contributed by atoms with Crippen LogP contribution in [0.4, 0.5) is 0 Å². The van der Waals surface area contributed by atoms with Gasteiger partial charge in [-0.2, -0.15) is 0 Å². The van der Waals surface area contributed by atoms with Gasteiger partial charge in [-0.05, 0) is 50.3 Å².